The van der Waals surface area contributed by atoms with Gasteiger partial charge in [0.25, 0.3) is 0 Å². The number of nitrogens with one attached hydrogen (secondary N) is 1. The van der Waals surface area contributed by atoms with Crippen LogP contribution in [-0.2, 0) is 11.8 Å². The third-order valence-electron chi connectivity index (χ3n) is 2.13. The van der Waals surface area contributed by atoms with Crippen molar-refractivity contribution < 1.29 is 9.53 Å². The van der Waals surface area contributed by atoms with Gasteiger partial charge in [0.2, 0.25) is 0 Å². The number of hydrogen-bond donors (Lipinski definition) is 1. The molecule has 1 rings (SSSR count). The van der Waals surface area contributed by atoms with Gasteiger partial charge in [0.1, 0.15) is 5.60 Å². The lowest BCUT2D eigenvalue weighted by Gasteiger charge is -2.19. The van der Waals surface area contributed by atoms with Gasteiger partial charge in [-0.05, 0) is 34.6 Å². The molecule has 0 fully saturated rings. The summed E-state index contributed by atoms with van der Waals surface area (Å²) in [5, 5.41) is 6.92. The van der Waals surface area contributed by atoms with Crippen LogP contribution in [0.25, 0.3) is 0 Å². The number of rotatable bonds is 1. The Bertz CT molecular complexity index is 402. The van der Waals surface area contributed by atoms with Crippen LogP contribution in [0.15, 0.2) is 0 Å². The first kappa shape index (κ1) is 12.5. The molecule has 0 bridgehead atoms. The van der Waals surface area contributed by atoms with Gasteiger partial charge in [0.15, 0.2) is 0 Å². The molecular formula is C11H19N3O2. The molecule has 0 atom stereocenters. The van der Waals surface area contributed by atoms with Crippen LogP contribution in [0, 0.1) is 13.8 Å². The molecule has 5 heteroatoms. The second-order valence-corrected chi connectivity index (χ2v) is 4.80. The smallest absolute Gasteiger partial charge is 0.412 e. The van der Waals surface area contributed by atoms with E-state index in [-0.39, 0.29) is 0 Å². The van der Waals surface area contributed by atoms with Crippen LogP contribution in [-0.4, -0.2) is 21.5 Å². The predicted octanol–water partition coefficient (Wildman–Crippen LogP) is 2.38. The van der Waals surface area contributed by atoms with Gasteiger partial charge in [-0.1, -0.05) is 0 Å². The second-order valence-electron chi connectivity index (χ2n) is 4.80. The lowest BCUT2D eigenvalue weighted by atomic mass is 10.2. The number of ether oxygens (including phenoxy) is 1. The van der Waals surface area contributed by atoms with E-state index in [0.29, 0.717) is 0 Å². The monoisotopic (exact) mass is 225 g/mol. The lowest BCUT2D eigenvalue weighted by Crippen LogP contribution is -2.27. The number of aryl methyl sites for hydroxylation is 2. The first-order chi connectivity index (χ1) is 7.20. The molecule has 0 saturated carbocycles. The Hall–Kier alpha value is -1.52. The van der Waals surface area contributed by atoms with E-state index in [1.165, 1.54) is 0 Å². The molecule has 1 aromatic rings. The van der Waals surface area contributed by atoms with Crippen molar-refractivity contribution in [2.45, 2.75) is 40.2 Å². The molecule has 0 saturated heterocycles. The van der Waals surface area contributed by atoms with E-state index in [4.69, 9.17) is 4.74 Å². The topological polar surface area (TPSA) is 56.2 Å². The van der Waals surface area contributed by atoms with E-state index in [1.807, 2.05) is 41.7 Å². The van der Waals surface area contributed by atoms with E-state index >= 15 is 0 Å². The van der Waals surface area contributed by atoms with Gasteiger partial charge < -0.3 is 4.74 Å². The van der Waals surface area contributed by atoms with Crippen molar-refractivity contribution in [3.05, 3.63) is 11.4 Å². The van der Waals surface area contributed by atoms with Crippen LogP contribution in [0.1, 0.15) is 32.2 Å². The van der Waals surface area contributed by atoms with Gasteiger partial charge in [-0.3, -0.25) is 10.00 Å². The maximum Gasteiger partial charge on any atom is 0.412 e. The fraction of sp³-hybridized carbons (Fsp3) is 0.636. The van der Waals surface area contributed by atoms with Crippen molar-refractivity contribution in [2.75, 3.05) is 5.32 Å². The standard InChI is InChI=1S/C11H19N3O2/c1-7-9(8(2)14(6)13-7)12-10(15)16-11(3,4)5/h1-6H3,(H,12,15). The summed E-state index contributed by atoms with van der Waals surface area (Å²) >= 11 is 0. The van der Waals surface area contributed by atoms with E-state index in [2.05, 4.69) is 10.4 Å². The summed E-state index contributed by atoms with van der Waals surface area (Å²) in [5.74, 6) is 0. The van der Waals surface area contributed by atoms with Gasteiger partial charge in [-0.2, -0.15) is 5.10 Å². The Labute approximate surface area is 95.8 Å². The molecule has 0 aromatic carbocycles. The number of aromatic nitrogens is 2. The minimum Gasteiger partial charge on any atom is -0.444 e. The molecule has 1 aromatic heterocycles. The molecule has 90 valence electrons. The molecule has 0 radical (unpaired) electrons. The lowest BCUT2D eigenvalue weighted by molar-refractivity contribution is 0.0635. The fourth-order valence-electron chi connectivity index (χ4n) is 1.36. The average Bonchev–Trinajstić information content (AvgIpc) is 2.29. The summed E-state index contributed by atoms with van der Waals surface area (Å²) in [6, 6.07) is 0. The highest BCUT2D eigenvalue weighted by molar-refractivity contribution is 5.86. The first-order valence-electron chi connectivity index (χ1n) is 5.21. The molecule has 1 N–H and O–H groups in total. The minimum absolute atomic E-state index is 0.452. The average molecular weight is 225 g/mol. The Kier molecular flexibility index (Phi) is 3.26. The number of amides is 1. The predicted molar refractivity (Wildman–Crippen MR) is 62.5 cm³/mol. The van der Waals surface area contributed by atoms with Gasteiger partial charge >= 0.3 is 6.09 Å². The molecule has 0 unspecified atom stereocenters. The van der Waals surface area contributed by atoms with Crippen molar-refractivity contribution in [3.8, 4) is 0 Å². The van der Waals surface area contributed by atoms with Crippen LogP contribution in [0.3, 0.4) is 0 Å². The molecule has 1 amide bonds. The van der Waals surface area contributed by atoms with Gasteiger partial charge in [0.05, 0.1) is 17.1 Å². The van der Waals surface area contributed by atoms with Crippen molar-refractivity contribution >= 4 is 11.8 Å². The molecular weight excluding hydrogens is 206 g/mol. The number of anilines is 1. The summed E-state index contributed by atoms with van der Waals surface area (Å²) in [4.78, 5) is 11.6. The maximum atomic E-state index is 11.6. The van der Waals surface area contributed by atoms with Crippen molar-refractivity contribution in [2.24, 2.45) is 7.05 Å². The quantitative estimate of drug-likeness (QED) is 0.798. The van der Waals surface area contributed by atoms with Crippen LogP contribution in [0.2, 0.25) is 0 Å². The highest BCUT2D eigenvalue weighted by Crippen LogP contribution is 2.19. The largest absolute Gasteiger partial charge is 0.444 e. The highest BCUT2D eigenvalue weighted by atomic mass is 16.6. The molecule has 0 aliphatic rings. The number of carbonyl (C=O) groups is 1. The molecule has 0 spiro atoms. The third-order valence-corrected chi connectivity index (χ3v) is 2.13. The summed E-state index contributed by atoms with van der Waals surface area (Å²) in [7, 11) is 1.84. The molecule has 5 nitrogen and oxygen atoms in total. The Morgan fingerprint density at radius 3 is 2.31 bits per heavy atom. The number of carbonyl (C=O) groups excluding carboxylic acids is 1. The summed E-state index contributed by atoms with van der Waals surface area (Å²) < 4.78 is 6.90. The molecule has 16 heavy (non-hydrogen) atoms. The van der Waals surface area contributed by atoms with Crippen LogP contribution in [0.4, 0.5) is 10.5 Å². The zero-order valence-corrected chi connectivity index (χ0v) is 10.7. The molecule has 1 heterocycles. The van der Waals surface area contributed by atoms with E-state index < -0.39 is 11.7 Å². The van der Waals surface area contributed by atoms with Gasteiger partial charge in [-0.25, -0.2) is 4.79 Å². The Balaban J connectivity index is 2.78. The van der Waals surface area contributed by atoms with E-state index in [9.17, 15) is 4.79 Å². The summed E-state index contributed by atoms with van der Waals surface area (Å²) in [6.45, 7) is 9.23. The van der Waals surface area contributed by atoms with Crippen LogP contribution < -0.4 is 5.32 Å². The molecule has 0 aliphatic carbocycles. The fourth-order valence-corrected chi connectivity index (χ4v) is 1.36. The number of nitrogens with zero attached hydrogens (tertiary/aromatic N) is 2. The van der Waals surface area contributed by atoms with Crippen molar-refractivity contribution in [3.63, 3.8) is 0 Å². The number of hydrogen-bond acceptors (Lipinski definition) is 3. The third kappa shape index (κ3) is 2.98. The van der Waals surface area contributed by atoms with Crippen LogP contribution >= 0.6 is 0 Å². The summed E-state index contributed by atoms with van der Waals surface area (Å²) in [6.07, 6.45) is -0.452. The van der Waals surface area contributed by atoms with Crippen molar-refractivity contribution in [1.29, 1.82) is 0 Å². The SMILES string of the molecule is Cc1nn(C)c(C)c1NC(=O)OC(C)(C)C. The zero-order valence-electron chi connectivity index (χ0n) is 10.7. The normalized spacial score (nSPS) is 11.4. The van der Waals surface area contributed by atoms with Gasteiger partial charge in [0, 0.05) is 7.05 Å². The Morgan fingerprint density at radius 1 is 1.38 bits per heavy atom. The minimum atomic E-state index is -0.492. The van der Waals surface area contributed by atoms with Crippen molar-refractivity contribution in [1.82, 2.24) is 9.78 Å². The van der Waals surface area contributed by atoms with E-state index in [1.54, 1.807) is 4.68 Å². The highest BCUT2D eigenvalue weighted by Gasteiger charge is 2.18. The Morgan fingerprint density at radius 2 is 1.94 bits per heavy atom. The summed E-state index contributed by atoms with van der Waals surface area (Å²) in [5.41, 5.74) is 1.92. The second kappa shape index (κ2) is 4.15. The van der Waals surface area contributed by atoms with Gasteiger partial charge in [-0.15, -0.1) is 0 Å². The van der Waals surface area contributed by atoms with Crippen LogP contribution in [0.5, 0.6) is 0 Å². The molecule has 0 aliphatic heterocycles. The van der Waals surface area contributed by atoms with E-state index in [0.717, 1.165) is 17.1 Å². The maximum absolute atomic E-state index is 11.6. The first-order valence-corrected chi connectivity index (χ1v) is 5.21. The zero-order chi connectivity index (χ0) is 12.5.